The molecule has 106 valence electrons. The number of hydrogen-bond donors (Lipinski definition) is 1. The molecule has 1 aromatic carbocycles. The van der Waals surface area contributed by atoms with E-state index >= 15 is 0 Å². The van der Waals surface area contributed by atoms with Crippen LogP contribution >= 0.6 is 0 Å². The Morgan fingerprint density at radius 3 is 2.48 bits per heavy atom. The molecule has 0 aliphatic rings. The molecule has 0 aliphatic carbocycles. The molecule has 0 unspecified atom stereocenters. The molecule has 2 rings (SSSR count). The third-order valence-electron chi connectivity index (χ3n) is 2.98. The van der Waals surface area contributed by atoms with Crippen molar-refractivity contribution in [2.45, 2.75) is 6.54 Å². The van der Waals surface area contributed by atoms with Gasteiger partial charge in [0.2, 0.25) is 0 Å². The quantitative estimate of drug-likeness (QED) is 0.869. The van der Waals surface area contributed by atoms with Crippen molar-refractivity contribution in [1.29, 1.82) is 0 Å². The minimum Gasteiger partial charge on any atom is -0.337 e. The van der Waals surface area contributed by atoms with Gasteiger partial charge in [0, 0.05) is 37.1 Å². The van der Waals surface area contributed by atoms with Gasteiger partial charge in [0.1, 0.15) is 0 Å². The lowest BCUT2D eigenvalue weighted by Crippen LogP contribution is -2.26. The number of aromatic nitrogens is 1. The molecule has 21 heavy (non-hydrogen) atoms. The minimum absolute atomic E-state index is 0.0230. The number of amides is 1. The van der Waals surface area contributed by atoms with Gasteiger partial charge in [-0.1, -0.05) is 11.8 Å². The second kappa shape index (κ2) is 7.22. The van der Waals surface area contributed by atoms with Gasteiger partial charge in [0.25, 0.3) is 5.91 Å². The third-order valence-corrected chi connectivity index (χ3v) is 2.98. The van der Waals surface area contributed by atoms with Crippen molar-refractivity contribution in [2.24, 2.45) is 5.73 Å². The van der Waals surface area contributed by atoms with E-state index in [0.717, 1.165) is 11.1 Å². The van der Waals surface area contributed by atoms with Crippen molar-refractivity contribution in [2.75, 3.05) is 13.6 Å². The first-order chi connectivity index (χ1) is 10.2. The lowest BCUT2D eigenvalue weighted by molar-refractivity contribution is 0.0785. The zero-order valence-corrected chi connectivity index (χ0v) is 11.9. The van der Waals surface area contributed by atoms with Crippen LogP contribution < -0.4 is 5.73 Å². The van der Waals surface area contributed by atoms with Crippen LogP contribution in [0, 0.1) is 11.8 Å². The van der Waals surface area contributed by atoms with Gasteiger partial charge < -0.3 is 10.6 Å². The predicted molar refractivity (Wildman–Crippen MR) is 82.4 cm³/mol. The van der Waals surface area contributed by atoms with Crippen LogP contribution in [-0.4, -0.2) is 29.4 Å². The molecule has 0 saturated heterocycles. The highest BCUT2D eigenvalue weighted by Crippen LogP contribution is 2.09. The third kappa shape index (κ3) is 4.16. The van der Waals surface area contributed by atoms with Crippen LogP contribution in [0.5, 0.6) is 0 Å². The molecule has 0 aliphatic heterocycles. The molecule has 0 fully saturated rings. The van der Waals surface area contributed by atoms with E-state index < -0.39 is 0 Å². The Morgan fingerprint density at radius 2 is 1.86 bits per heavy atom. The molecule has 2 aromatic rings. The van der Waals surface area contributed by atoms with E-state index in [0.29, 0.717) is 18.7 Å². The molecule has 2 N–H and O–H groups in total. The van der Waals surface area contributed by atoms with Crippen LogP contribution in [0.4, 0.5) is 0 Å². The molecule has 0 radical (unpaired) electrons. The molecule has 1 heterocycles. The first-order valence-corrected chi connectivity index (χ1v) is 6.64. The summed E-state index contributed by atoms with van der Waals surface area (Å²) in [5.41, 5.74) is 7.87. The Morgan fingerprint density at radius 1 is 1.19 bits per heavy atom. The number of rotatable bonds is 3. The molecular weight excluding hydrogens is 262 g/mol. The van der Waals surface area contributed by atoms with Gasteiger partial charge in [0.15, 0.2) is 0 Å². The first kappa shape index (κ1) is 14.8. The maximum atomic E-state index is 12.3. The molecule has 0 saturated carbocycles. The minimum atomic E-state index is -0.0230. The van der Waals surface area contributed by atoms with E-state index in [1.165, 1.54) is 0 Å². The van der Waals surface area contributed by atoms with Gasteiger partial charge >= 0.3 is 0 Å². The summed E-state index contributed by atoms with van der Waals surface area (Å²) in [5.74, 6) is 5.69. The Balaban J connectivity index is 2.05. The van der Waals surface area contributed by atoms with Crippen LogP contribution in [0.1, 0.15) is 21.5 Å². The van der Waals surface area contributed by atoms with Crippen molar-refractivity contribution < 1.29 is 4.79 Å². The number of nitrogens with two attached hydrogens (primary N) is 1. The molecule has 4 heteroatoms. The van der Waals surface area contributed by atoms with Crippen molar-refractivity contribution in [1.82, 2.24) is 9.88 Å². The fraction of sp³-hybridized carbons (Fsp3) is 0.176. The van der Waals surface area contributed by atoms with Crippen molar-refractivity contribution >= 4 is 5.91 Å². The Bertz CT molecular complexity index is 654. The van der Waals surface area contributed by atoms with E-state index in [9.17, 15) is 4.79 Å². The number of carbonyl (C=O) groups is 1. The highest BCUT2D eigenvalue weighted by molar-refractivity contribution is 5.94. The van der Waals surface area contributed by atoms with Gasteiger partial charge in [-0.3, -0.25) is 9.78 Å². The molecule has 4 nitrogen and oxygen atoms in total. The summed E-state index contributed by atoms with van der Waals surface area (Å²) in [6.45, 7) is 0.880. The van der Waals surface area contributed by atoms with Crippen molar-refractivity contribution in [3.63, 3.8) is 0 Å². The largest absolute Gasteiger partial charge is 0.337 e. The summed E-state index contributed by atoms with van der Waals surface area (Å²) in [7, 11) is 1.78. The van der Waals surface area contributed by atoms with E-state index in [4.69, 9.17) is 5.73 Å². The molecular formula is C17H17N3O. The SMILES string of the molecule is CN(Cc1ccncc1)C(=O)c1ccc(C#CCN)cc1. The Hall–Kier alpha value is -2.64. The van der Waals surface area contributed by atoms with E-state index in [1.807, 2.05) is 24.3 Å². The van der Waals surface area contributed by atoms with Crippen LogP contribution in [-0.2, 0) is 6.54 Å². The molecule has 0 spiro atoms. The molecule has 0 atom stereocenters. The molecule has 0 bridgehead atoms. The second-order valence-corrected chi connectivity index (χ2v) is 4.60. The summed E-state index contributed by atoms with van der Waals surface area (Å²) in [4.78, 5) is 18.0. The van der Waals surface area contributed by atoms with Gasteiger partial charge in [-0.15, -0.1) is 0 Å². The van der Waals surface area contributed by atoms with E-state index in [2.05, 4.69) is 16.8 Å². The highest BCUT2D eigenvalue weighted by atomic mass is 16.2. The van der Waals surface area contributed by atoms with Crippen LogP contribution in [0.3, 0.4) is 0 Å². The summed E-state index contributed by atoms with van der Waals surface area (Å²) in [6, 6.07) is 11.0. The van der Waals surface area contributed by atoms with Gasteiger partial charge in [0.05, 0.1) is 6.54 Å². The predicted octanol–water partition coefficient (Wildman–Crippen LogP) is 1.66. The average molecular weight is 279 g/mol. The summed E-state index contributed by atoms with van der Waals surface area (Å²) >= 11 is 0. The molecule has 1 aromatic heterocycles. The smallest absolute Gasteiger partial charge is 0.253 e. The number of pyridine rings is 1. The monoisotopic (exact) mass is 279 g/mol. The summed E-state index contributed by atoms with van der Waals surface area (Å²) < 4.78 is 0. The normalized spacial score (nSPS) is 9.62. The van der Waals surface area contributed by atoms with Crippen molar-refractivity contribution in [3.05, 3.63) is 65.5 Å². The van der Waals surface area contributed by atoms with Crippen LogP contribution in [0.2, 0.25) is 0 Å². The Kier molecular flexibility index (Phi) is 5.08. The van der Waals surface area contributed by atoms with Crippen LogP contribution in [0.15, 0.2) is 48.8 Å². The number of hydrogen-bond acceptors (Lipinski definition) is 3. The standard InChI is InChI=1S/C17H17N3O/c1-20(13-15-8-11-19-12-9-15)17(21)16-6-4-14(5-7-16)3-2-10-18/h4-9,11-12H,10,13,18H2,1H3. The maximum absolute atomic E-state index is 12.3. The fourth-order valence-corrected chi connectivity index (χ4v) is 1.90. The number of carbonyl (C=O) groups excluding carboxylic acids is 1. The lowest BCUT2D eigenvalue weighted by atomic mass is 10.1. The van der Waals surface area contributed by atoms with Gasteiger partial charge in [-0.25, -0.2) is 0 Å². The Labute approximate surface area is 124 Å². The summed E-state index contributed by atoms with van der Waals surface area (Å²) in [6.07, 6.45) is 3.44. The highest BCUT2D eigenvalue weighted by Gasteiger charge is 2.11. The topological polar surface area (TPSA) is 59.2 Å². The van der Waals surface area contributed by atoms with E-state index in [1.54, 1.807) is 36.5 Å². The first-order valence-electron chi connectivity index (χ1n) is 6.64. The molecule has 1 amide bonds. The number of nitrogens with zero attached hydrogens (tertiary/aromatic N) is 2. The average Bonchev–Trinajstić information content (AvgIpc) is 2.53. The lowest BCUT2D eigenvalue weighted by Gasteiger charge is -2.17. The zero-order valence-electron chi connectivity index (χ0n) is 11.9. The van der Waals surface area contributed by atoms with Gasteiger partial charge in [-0.2, -0.15) is 0 Å². The van der Waals surface area contributed by atoms with E-state index in [-0.39, 0.29) is 5.91 Å². The summed E-state index contributed by atoms with van der Waals surface area (Å²) in [5, 5.41) is 0. The van der Waals surface area contributed by atoms with Gasteiger partial charge in [-0.05, 0) is 42.0 Å². The maximum Gasteiger partial charge on any atom is 0.253 e. The fourth-order valence-electron chi connectivity index (χ4n) is 1.90. The van der Waals surface area contributed by atoms with Crippen LogP contribution in [0.25, 0.3) is 0 Å². The van der Waals surface area contributed by atoms with Crippen molar-refractivity contribution in [3.8, 4) is 11.8 Å². The number of benzene rings is 1. The second-order valence-electron chi connectivity index (χ2n) is 4.60. The zero-order chi connectivity index (χ0) is 15.1.